The van der Waals surface area contributed by atoms with Gasteiger partial charge in [-0.2, -0.15) is 0 Å². The van der Waals surface area contributed by atoms with Crippen molar-refractivity contribution in [3.63, 3.8) is 0 Å². The van der Waals surface area contributed by atoms with Crippen LogP contribution < -0.4 is 5.32 Å². The van der Waals surface area contributed by atoms with Gasteiger partial charge in [-0.05, 0) is 29.7 Å². The van der Waals surface area contributed by atoms with Crippen molar-refractivity contribution >= 4 is 22.6 Å². The van der Waals surface area contributed by atoms with Crippen LogP contribution in [0.4, 0.5) is 0 Å². The molecular formula is C22H25N3O3. The van der Waals surface area contributed by atoms with Crippen molar-refractivity contribution in [1.82, 2.24) is 15.2 Å². The Morgan fingerprint density at radius 1 is 1.07 bits per heavy atom. The number of nitrogens with one attached hydrogen (secondary N) is 1. The van der Waals surface area contributed by atoms with Crippen LogP contribution in [0.15, 0.2) is 53.1 Å². The van der Waals surface area contributed by atoms with Crippen LogP contribution in [0.3, 0.4) is 0 Å². The maximum Gasteiger partial charge on any atom is 0.273 e. The molecule has 6 nitrogen and oxygen atoms in total. The van der Waals surface area contributed by atoms with Crippen LogP contribution in [0.5, 0.6) is 0 Å². The van der Waals surface area contributed by atoms with E-state index in [2.05, 4.69) is 10.3 Å². The molecule has 6 heteroatoms. The normalized spacial score (nSPS) is 10.8. The number of carbonyl (C=O) groups excluding carboxylic acids is 2. The predicted octanol–water partition coefficient (Wildman–Crippen LogP) is 4.02. The molecule has 0 aliphatic heterocycles. The first kappa shape index (κ1) is 19.6. The van der Waals surface area contributed by atoms with E-state index in [4.69, 9.17) is 4.42 Å². The summed E-state index contributed by atoms with van der Waals surface area (Å²) in [6, 6.07) is 13.6. The highest BCUT2D eigenvalue weighted by atomic mass is 16.3. The Kier molecular flexibility index (Phi) is 6.42. The molecule has 3 aromatic rings. The molecule has 0 fully saturated rings. The summed E-state index contributed by atoms with van der Waals surface area (Å²) >= 11 is 0. The predicted molar refractivity (Wildman–Crippen MR) is 108 cm³/mol. The van der Waals surface area contributed by atoms with Gasteiger partial charge in [0, 0.05) is 18.7 Å². The maximum absolute atomic E-state index is 13.2. The Balaban J connectivity index is 1.81. The number of nitrogens with zero attached hydrogens (tertiary/aromatic N) is 2. The number of oxazole rings is 1. The molecule has 0 unspecified atom stereocenters. The molecule has 0 bridgehead atoms. The molecule has 2 aromatic carbocycles. The fourth-order valence-electron chi connectivity index (χ4n) is 3.08. The second-order valence-corrected chi connectivity index (χ2v) is 6.64. The zero-order valence-corrected chi connectivity index (χ0v) is 16.3. The highest BCUT2D eigenvalue weighted by molar-refractivity contribution is 6.07. The summed E-state index contributed by atoms with van der Waals surface area (Å²) in [7, 11) is 0. The van der Waals surface area contributed by atoms with Crippen molar-refractivity contribution in [3.05, 3.63) is 65.9 Å². The lowest BCUT2D eigenvalue weighted by Gasteiger charge is -2.21. The summed E-state index contributed by atoms with van der Waals surface area (Å²) in [4.78, 5) is 31.2. The molecule has 2 amide bonds. The van der Waals surface area contributed by atoms with Crippen LogP contribution in [0.1, 0.15) is 53.4 Å². The van der Waals surface area contributed by atoms with Crippen LogP contribution in [0.25, 0.3) is 10.8 Å². The number of hydrogen-bond donors (Lipinski definition) is 1. The van der Waals surface area contributed by atoms with Crippen molar-refractivity contribution < 1.29 is 14.0 Å². The molecule has 0 spiro atoms. The van der Waals surface area contributed by atoms with Crippen LogP contribution >= 0.6 is 0 Å². The van der Waals surface area contributed by atoms with Gasteiger partial charge >= 0.3 is 0 Å². The number of benzene rings is 2. The van der Waals surface area contributed by atoms with Gasteiger partial charge < -0.3 is 14.6 Å². The minimum atomic E-state index is -0.265. The largest absolute Gasteiger partial charge is 0.446 e. The molecule has 0 atom stereocenters. The molecule has 0 saturated carbocycles. The number of rotatable bonds is 8. The molecule has 0 saturated heterocycles. The standard InChI is InChI=1S/C22H25N3O3/c1-3-12-23-21(26)19-15-28-20(24-19)14-25(13-4-2)22(27)18-11-7-9-16-8-5-6-10-17(16)18/h5-11,15H,3-4,12-14H2,1-2H3,(H,23,26). The van der Waals surface area contributed by atoms with Crippen molar-refractivity contribution in [1.29, 1.82) is 0 Å². The first-order chi connectivity index (χ1) is 13.6. The van der Waals surface area contributed by atoms with Crippen molar-refractivity contribution in [2.24, 2.45) is 0 Å². The second-order valence-electron chi connectivity index (χ2n) is 6.64. The molecule has 0 radical (unpaired) electrons. The molecule has 28 heavy (non-hydrogen) atoms. The van der Waals surface area contributed by atoms with Gasteiger partial charge in [0.15, 0.2) is 5.69 Å². The van der Waals surface area contributed by atoms with Gasteiger partial charge in [0.2, 0.25) is 5.89 Å². The van der Waals surface area contributed by atoms with Gasteiger partial charge in [-0.25, -0.2) is 4.98 Å². The minimum absolute atomic E-state index is 0.0752. The van der Waals surface area contributed by atoms with Gasteiger partial charge in [-0.1, -0.05) is 50.2 Å². The van der Waals surface area contributed by atoms with E-state index in [1.165, 1.54) is 6.26 Å². The summed E-state index contributed by atoms with van der Waals surface area (Å²) in [5.74, 6) is 0.0109. The lowest BCUT2D eigenvalue weighted by Crippen LogP contribution is -2.31. The zero-order valence-electron chi connectivity index (χ0n) is 16.3. The number of hydrogen-bond acceptors (Lipinski definition) is 4. The molecular weight excluding hydrogens is 354 g/mol. The Hall–Kier alpha value is -3.15. The summed E-state index contributed by atoms with van der Waals surface area (Å²) in [6.45, 7) is 5.37. The number of fused-ring (bicyclic) bond motifs is 1. The third-order valence-electron chi connectivity index (χ3n) is 4.45. The highest BCUT2D eigenvalue weighted by Crippen LogP contribution is 2.21. The minimum Gasteiger partial charge on any atom is -0.446 e. The molecule has 146 valence electrons. The van der Waals surface area contributed by atoms with E-state index in [1.807, 2.05) is 56.3 Å². The Labute approximate surface area is 164 Å². The van der Waals surface area contributed by atoms with E-state index >= 15 is 0 Å². The van der Waals surface area contributed by atoms with Crippen LogP contribution in [-0.4, -0.2) is 34.8 Å². The monoisotopic (exact) mass is 379 g/mol. The highest BCUT2D eigenvalue weighted by Gasteiger charge is 2.20. The number of carbonyl (C=O) groups is 2. The van der Waals surface area contributed by atoms with Crippen molar-refractivity contribution in [2.75, 3.05) is 13.1 Å². The summed E-state index contributed by atoms with van der Waals surface area (Å²) in [6.07, 6.45) is 2.99. The molecule has 1 aromatic heterocycles. The van der Waals surface area contributed by atoms with Gasteiger partial charge in [0.25, 0.3) is 11.8 Å². The third-order valence-corrected chi connectivity index (χ3v) is 4.45. The van der Waals surface area contributed by atoms with Crippen LogP contribution in [-0.2, 0) is 6.54 Å². The molecule has 0 aliphatic carbocycles. The third kappa shape index (κ3) is 4.39. The lowest BCUT2D eigenvalue weighted by molar-refractivity contribution is 0.0730. The SMILES string of the molecule is CCCNC(=O)c1coc(CN(CCC)C(=O)c2cccc3ccccc23)n1. The van der Waals surface area contributed by atoms with Crippen LogP contribution in [0.2, 0.25) is 0 Å². The second kappa shape index (κ2) is 9.17. The fourth-order valence-corrected chi connectivity index (χ4v) is 3.08. The fraction of sp³-hybridized carbons (Fsp3) is 0.318. The molecule has 3 rings (SSSR count). The van der Waals surface area contributed by atoms with E-state index in [0.717, 1.165) is 23.6 Å². The Morgan fingerprint density at radius 2 is 1.86 bits per heavy atom. The van der Waals surface area contributed by atoms with E-state index in [9.17, 15) is 9.59 Å². The quantitative estimate of drug-likeness (QED) is 0.641. The van der Waals surface area contributed by atoms with E-state index in [0.29, 0.717) is 24.5 Å². The first-order valence-electron chi connectivity index (χ1n) is 9.63. The maximum atomic E-state index is 13.2. The Morgan fingerprint density at radius 3 is 2.64 bits per heavy atom. The lowest BCUT2D eigenvalue weighted by atomic mass is 10.0. The molecule has 0 aliphatic rings. The number of aromatic nitrogens is 1. The average molecular weight is 379 g/mol. The van der Waals surface area contributed by atoms with Crippen molar-refractivity contribution in [2.45, 2.75) is 33.2 Å². The van der Waals surface area contributed by atoms with Gasteiger partial charge in [0.05, 0.1) is 6.54 Å². The summed E-state index contributed by atoms with van der Waals surface area (Å²) in [5.41, 5.74) is 0.886. The number of amides is 2. The smallest absolute Gasteiger partial charge is 0.273 e. The van der Waals surface area contributed by atoms with E-state index in [1.54, 1.807) is 4.90 Å². The van der Waals surface area contributed by atoms with Crippen LogP contribution in [0, 0.1) is 0 Å². The van der Waals surface area contributed by atoms with Gasteiger partial charge in [0.1, 0.15) is 6.26 Å². The summed E-state index contributed by atoms with van der Waals surface area (Å²) in [5, 5.41) is 4.71. The van der Waals surface area contributed by atoms with E-state index in [-0.39, 0.29) is 24.1 Å². The Bertz CT molecular complexity index is 959. The molecule has 1 heterocycles. The van der Waals surface area contributed by atoms with Gasteiger partial charge in [-0.3, -0.25) is 9.59 Å². The van der Waals surface area contributed by atoms with Gasteiger partial charge in [-0.15, -0.1) is 0 Å². The average Bonchev–Trinajstić information content (AvgIpc) is 3.19. The first-order valence-corrected chi connectivity index (χ1v) is 9.63. The van der Waals surface area contributed by atoms with Crippen molar-refractivity contribution in [3.8, 4) is 0 Å². The topological polar surface area (TPSA) is 75.4 Å². The zero-order chi connectivity index (χ0) is 19.9. The summed E-state index contributed by atoms with van der Waals surface area (Å²) < 4.78 is 5.45. The molecule has 1 N–H and O–H groups in total. The van der Waals surface area contributed by atoms with E-state index < -0.39 is 0 Å².